The van der Waals surface area contributed by atoms with Gasteiger partial charge in [-0.25, -0.2) is 0 Å². The lowest BCUT2D eigenvalue weighted by atomic mass is 10.3. The Morgan fingerprint density at radius 2 is 2.56 bits per heavy atom. The summed E-state index contributed by atoms with van der Waals surface area (Å²) in [7, 11) is 1.92. The van der Waals surface area contributed by atoms with Gasteiger partial charge in [0, 0.05) is 19.1 Å². The monoisotopic (exact) mass is 127 g/mol. The zero-order chi connectivity index (χ0) is 6.69. The van der Waals surface area contributed by atoms with Gasteiger partial charge in [0.2, 0.25) is 0 Å². The van der Waals surface area contributed by atoms with E-state index in [2.05, 4.69) is 5.10 Å². The molecule has 3 nitrogen and oxygen atoms in total. The molecule has 0 aliphatic carbocycles. The molecule has 0 amide bonds. The molecule has 0 saturated heterocycles. The molecule has 0 aliphatic heterocycles. The average molecular weight is 127 g/mol. The summed E-state index contributed by atoms with van der Waals surface area (Å²) in [5.74, 6) is 0. The van der Waals surface area contributed by atoms with Crippen molar-refractivity contribution < 1.29 is 9.79 Å². The average Bonchev–Trinajstić information content (AvgIpc) is 2.17. The Labute approximate surface area is 53.9 Å². The number of aromatic amines is 1. The van der Waals surface area contributed by atoms with Gasteiger partial charge in [0.25, 0.3) is 0 Å². The van der Waals surface area contributed by atoms with Gasteiger partial charge in [0.15, 0.2) is 13.2 Å². The van der Waals surface area contributed by atoms with E-state index in [1.165, 1.54) is 0 Å². The summed E-state index contributed by atoms with van der Waals surface area (Å²) >= 11 is 0. The van der Waals surface area contributed by atoms with Crippen LogP contribution in [0.4, 0.5) is 0 Å². The molecule has 0 unspecified atom stereocenters. The molecule has 0 spiro atoms. The van der Waals surface area contributed by atoms with E-state index in [0.29, 0.717) is 6.42 Å². The Kier molecular flexibility index (Phi) is 1.85. The van der Waals surface area contributed by atoms with Crippen molar-refractivity contribution in [1.82, 2.24) is 5.10 Å². The first kappa shape index (κ1) is 6.29. The third-order valence-corrected chi connectivity index (χ3v) is 1.20. The zero-order valence-corrected chi connectivity index (χ0v) is 5.46. The van der Waals surface area contributed by atoms with Crippen molar-refractivity contribution in [3.05, 3.63) is 18.0 Å². The fraction of sp³-hybridized carbons (Fsp3) is 0.500. The number of aliphatic hydroxyl groups excluding tert-OH is 1. The lowest BCUT2D eigenvalue weighted by Crippen LogP contribution is -2.28. The van der Waals surface area contributed by atoms with Crippen LogP contribution in [-0.4, -0.2) is 16.8 Å². The molecule has 3 heteroatoms. The number of aliphatic hydroxyl groups is 1. The number of aromatic nitrogens is 2. The summed E-state index contributed by atoms with van der Waals surface area (Å²) in [4.78, 5) is 0. The molecule has 0 aromatic carbocycles. The third-order valence-electron chi connectivity index (χ3n) is 1.20. The van der Waals surface area contributed by atoms with E-state index in [-0.39, 0.29) is 6.61 Å². The lowest BCUT2D eigenvalue weighted by Gasteiger charge is -1.84. The highest BCUT2D eigenvalue weighted by molar-refractivity contribution is 4.93. The number of hydrogen-bond donors (Lipinski definition) is 2. The van der Waals surface area contributed by atoms with Gasteiger partial charge < -0.3 is 5.11 Å². The van der Waals surface area contributed by atoms with Crippen LogP contribution in [0.1, 0.15) is 5.69 Å². The molecular weight excluding hydrogens is 116 g/mol. The SMILES string of the molecule is C[n+]1ccc(CCO)[nH]1. The maximum Gasteiger partial charge on any atom is 0.195 e. The number of rotatable bonds is 2. The van der Waals surface area contributed by atoms with Gasteiger partial charge in [-0.3, -0.25) is 0 Å². The molecular formula is C6H11N2O+. The maximum atomic E-state index is 8.50. The normalized spacial score (nSPS) is 10.0. The molecule has 50 valence electrons. The van der Waals surface area contributed by atoms with E-state index in [9.17, 15) is 0 Å². The summed E-state index contributed by atoms with van der Waals surface area (Å²) in [6, 6.07) is 1.95. The largest absolute Gasteiger partial charge is 0.396 e. The molecule has 1 aromatic heterocycles. The van der Waals surface area contributed by atoms with E-state index in [1.54, 1.807) is 0 Å². The lowest BCUT2D eigenvalue weighted by molar-refractivity contribution is -0.727. The maximum absolute atomic E-state index is 8.50. The Morgan fingerprint density at radius 3 is 3.00 bits per heavy atom. The van der Waals surface area contributed by atoms with Crippen LogP contribution in [0, 0.1) is 0 Å². The van der Waals surface area contributed by atoms with Gasteiger partial charge in [0.1, 0.15) is 0 Å². The van der Waals surface area contributed by atoms with Crippen LogP contribution in [0.3, 0.4) is 0 Å². The molecule has 0 saturated carbocycles. The van der Waals surface area contributed by atoms with Crippen LogP contribution in [0.15, 0.2) is 12.3 Å². The fourth-order valence-corrected chi connectivity index (χ4v) is 0.763. The van der Waals surface area contributed by atoms with Gasteiger partial charge >= 0.3 is 0 Å². The molecule has 0 fully saturated rings. The van der Waals surface area contributed by atoms with Crippen molar-refractivity contribution in [1.29, 1.82) is 0 Å². The number of nitrogens with zero attached hydrogens (tertiary/aromatic N) is 1. The summed E-state index contributed by atoms with van der Waals surface area (Å²) in [5, 5.41) is 11.5. The number of nitrogens with one attached hydrogen (secondary N) is 1. The summed E-state index contributed by atoms with van der Waals surface area (Å²) in [6.07, 6.45) is 2.63. The summed E-state index contributed by atoms with van der Waals surface area (Å²) in [5.41, 5.74) is 1.07. The molecule has 0 radical (unpaired) electrons. The summed E-state index contributed by atoms with van der Waals surface area (Å²) < 4.78 is 1.85. The minimum atomic E-state index is 0.209. The van der Waals surface area contributed by atoms with Gasteiger partial charge in [-0.2, -0.15) is 5.10 Å². The smallest absolute Gasteiger partial charge is 0.195 e. The van der Waals surface area contributed by atoms with Crippen LogP contribution >= 0.6 is 0 Å². The minimum absolute atomic E-state index is 0.209. The minimum Gasteiger partial charge on any atom is -0.396 e. The van der Waals surface area contributed by atoms with Crippen molar-refractivity contribution in [2.45, 2.75) is 6.42 Å². The second kappa shape index (κ2) is 2.64. The predicted octanol–water partition coefficient (Wildman–Crippen LogP) is -0.626. The molecule has 2 N–H and O–H groups in total. The predicted molar refractivity (Wildman–Crippen MR) is 32.8 cm³/mol. The van der Waals surface area contributed by atoms with Crippen molar-refractivity contribution >= 4 is 0 Å². The van der Waals surface area contributed by atoms with E-state index in [1.807, 2.05) is 24.0 Å². The number of H-pyrrole nitrogens is 1. The highest BCUT2D eigenvalue weighted by atomic mass is 16.3. The van der Waals surface area contributed by atoms with Crippen LogP contribution in [0.25, 0.3) is 0 Å². The Balaban J connectivity index is 2.61. The van der Waals surface area contributed by atoms with E-state index in [0.717, 1.165) is 5.69 Å². The van der Waals surface area contributed by atoms with Crippen LogP contribution in [0.2, 0.25) is 0 Å². The highest BCUT2D eigenvalue weighted by Crippen LogP contribution is 1.88. The van der Waals surface area contributed by atoms with E-state index >= 15 is 0 Å². The quantitative estimate of drug-likeness (QED) is 0.510. The van der Waals surface area contributed by atoms with Crippen LogP contribution in [-0.2, 0) is 13.5 Å². The first-order valence-electron chi connectivity index (χ1n) is 2.97. The number of hydrogen-bond acceptors (Lipinski definition) is 1. The zero-order valence-electron chi connectivity index (χ0n) is 5.46. The highest BCUT2D eigenvalue weighted by Gasteiger charge is 1.97. The Hall–Kier alpha value is -0.830. The van der Waals surface area contributed by atoms with Gasteiger partial charge in [0.05, 0.1) is 5.69 Å². The molecule has 1 aromatic rings. The van der Waals surface area contributed by atoms with E-state index < -0.39 is 0 Å². The van der Waals surface area contributed by atoms with Gasteiger partial charge in [-0.1, -0.05) is 0 Å². The van der Waals surface area contributed by atoms with Gasteiger partial charge in [-0.05, 0) is 0 Å². The second-order valence-corrected chi connectivity index (χ2v) is 2.04. The molecule has 1 rings (SSSR count). The van der Waals surface area contributed by atoms with Crippen molar-refractivity contribution in [3.8, 4) is 0 Å². The van der Waals surface area contributed by atoms with Crippen LogP contribution < -0.4 is 4.68 Å². The molecule has 0 aliphatic rings. The van der Waals surface area contributed by atoms with Crippen molar-refractivity contribution in [2.75, 3.05) is 6.61 Å². The number of aryl methyl sites for hydroxylation is 1. The third kappa shape index (κ3) is 1.54. The fourth-order valence-electron chi connectivity index (χ4n) is 0.763. The molecule has 1 heterocycles. The van der Waals surface area contributed by atoms with Crippen LogP contribution in [0.5, 0.6) is 0 Å². The molecule has 9 heavy (non-hydrogen) atoms. The second-order valence-electron chi connectivity index (χ2n) is 2.04. The topological polar surface area (TPSA) is 39.9 Å². The summed E-state index contributed by atoms with van der Waals surface area (Å²) in [6.45, 7) is 0.209. The Morgan fingerprint density at radius 1 is 1.78 bits per heavy atom. The van der Waals surface area contributed by atoms with Crippen molar-refractivity contribution in [3.63, 3.8) is 0 Å². The first-order valence-corrected chi connectivity index (χ1v) is 2.97. The molecule has 0 bridgehead atoms. The standard InChI is InChI=1S/C6H10N2O/c1-8-4-2-6(7-8)3-5-9/h2,4,9H,3,5H2,1H3/p+1. The van der Waals surface area contributed by atoms with Crippen molar-refractivity contribution in [2.24, 2.45) is 7.05 Å². The van der Waals surface area contributed by atoms with E-state index in [4.69, 9.17) is 5.11 Å². The van der Waals surface area contributed by atoms with Gasteiger partial charge in [-0.15, -0.1) is 4.68 Å². The Bertz CT molecular complexity index is 183. The molecule has 0 atom stereocenters. The first-order chi connectivity index (χ1) is 4.33.